The van der Waals surface area contributed by atoms with Crippen molar-refractivity contribution in [1.82, 2.24) is 10.6 Å². The predicted molar refractivity (Wildman–Crippen MR) is 86.1 cm³/mol. The molecule has 2 rings (SSSR count). The Balaban J connectivity index is 0.000000405. The van der Waals surface area contributed by atoms with E-state index in [4.69, 9.17) is 39.8 Å². The number of nitrogens with two attached hydrogens (primary N) is 2. The zero-order valence-electron chi connectivity index (χ0n) is 12.5. The van der Waals surface area contributed by atoms with Gasteiger partial charge in [0, 0.05) is 10.4 Å². The lowest BCUT2D eigenvalue weighted by Gasteiger charge is -2.06. The molecule has 0 bridgehead atoms. The minimum atomic E-state index is -5.17. The second-order valence-electron chi connectivity index (χ2n) is 3.97. The first-order valence-corrected chi connectivity index (χ1v) is 8.71. The first-order valence-electron chi connectivity index (χ1n) is 5.74. The monoisotopic (exact) mass is 444 g/mol. The highest BCUT2D eigenvalue weighted by molar-refractivity contribution is 8.04. The van der Waals surface area contributed by atoms with Crippen molar-refractivity contribution in [3.05, 3.63) is 52.6 Å². The molecule has 27 heavy (non-hydrogen) atoms. The number of nitrogens with one attached hydrogen (secondary N) is 2. The highest BCUT2D eigenvalue weighted by Crippen LogP contribution is 2.32. The zero-order valence-corrected chi connectivity index (χ0v) is 14.9. The maximum Gasteiger partial charge on any atom is 0.512 e. The molecule has 0 saturated carbocycles. The second-order valence-corrected chi connectivity index (χ2v) is 7.28. The molecule has 0 aromatic carbocycles. The van der Waals surface area contributed by atoms with Gasteiger partial charge in [-0.2, -0.15) is 0 Å². The molecule has 18 nitrogen and oxygen atoms in total. The molecule has 0 aliphatic carbocycles. The molecule has 0 amide bonds. The molecule has 2 aliphatic heterocycles. The molecule has 2 heterocycles. The fourth-order valence-electron chi connectivity index (χ4n) is 1.05. The van der Waals surface area contributed by atoms with Gasteiger partial charge >= 0.3 is 20.3 Å². The fraction of sp³-hybridized carbons (Fsp3) is 0.333. The Kier molecular flexibility index (Phi) is 8.28. The van der Waals surface area contributed by atoms with E-state index in [1.54, 1.807) is 0 Å². The average molecular weight is 444 g/mol. The molecule has 0 aromatic heterocycles. The molecule has 0 spiro atoms. The summed E-state index contributed by atoms with van der Waals surface area (Å²) < 4.78 is 34.1. The van der Waals surface area contributed by atoms with E-state index >= 15 is 0 Å². The largest absolute Gasteiger partial charge is 0.759 e. The number of thioether (sulfide) groups is 2. The van der Waals surface area contributed by atoms with Crippen LogP contribution in [-0.2, 0) is 10.4 Å². The van der Waals surface area contributed by atoms with E-state index in [0.717, 1.165) is 12.4 Å². The third kappa shape index (κ3) is 9.47. The van der Waals surface area contributed by atoms with E-state index in [0.29, 0.717) is 23.5 Å². The van der Waals surface area contributed by atoms with Gasteiger partial charge in [-0.15, -0.1) is 0 Å². The van der Waals surface area contributed by atoms with E-state index < -0.39 is 30.5 Å². The maximum atomic E-state index is 10.1. The number of hydrogen-bond acceptors (Lipinski definition) is 16. The Labute approximate surface area is 157 Å². The molecule has 0 saturated heterocycles. The Morgan fingerprint density at radius 2 is 1.22 bits per heavy atom. The summed E-state index contributed by atoms with van der Waals surface area (Å²) in [6.45, 7) is 0. The highest BCUT2D eigenvalue weighted by atomic mass is 32.3. The first kappa shape index (κ1) is 24.2. The summed E-state index contributed by atoms with van der Waals surface area (Å²) in [7, 11) is -5.17. The van der Waals surface area contributed by atoms with Gasteiger partial charge in [0.2, 0.25) is 10.8 Å². The molecule has 2 aliphatic rings. The van der Waals surface area contributed by atoms with E-state index in [1.807, 2.05) is 0 Å². The van der Waals surface area contributed by atoms with Crippen LogP contribution in [0, 0.1) is 31.0 Å². The normalized spacial score (nSPS) is 25.4. The first-order chi connectivity index (χ1) is 12.1. The van der Waals surface area contributed by atoms with Gasteiger partial charge in [-0.05, 0) is 0 Å². The molecule has 0 aromatic rings. The Morgan fingerprint density at radius 3 is 1.33 bits per heavy atom. The summed E-state index contributed by atoms with van der Waals surface area (Å²) in [6.07, 6.45) is 2.18. The summed E-state index contributed by atoms with van der Waals surface area (Å²) in [5.41, 5.74) is 10.5. The average Bonchev–Trinajstić information content (AvgIpc) is 3.12. The lowest BCUT2D eigenvalue weighted by atomic mass is 10.8. The van der Waals surface area contributed by atoms with Gasteiger partial charge in [0.05, 0.1) is 45.8 Å². The molecule has 0 radical (unpaired) electrons. The van der Waals surface area contributed by atoms with Gasteiger partial charge in [0.25, 0.3) is 0 Å². The second kappa shape index (κ2) is 9.24. The van der Waals surface area contributed by atoms with Crippen LogP contribution in [-0.4, -0.2) is 37.6 Å². The van der Waals surface area contributed by atoms with E-state index in [2.05, 4.69) is 20.6 Å². The van der Waals surface area contributed by atoms with Gasteiger partial charge in [0.1, 0.15) is 0 Å². The van der Waals surface area contributed by atoms with Crippen LogP contribution >= 0.6 is 23.5 Å². The molecule has 0 fully saturated rings. The molecule has 21 heteroatoms. The molecule has 6 N–H and O–H groups in total. The molecular formula is C6H8N10O8S3. The standard InChI is InChI=1S/2C3H4N5O2S.H2O4S/c2*4-3(7-5)6-1-2(11-3)8(9)10;1-5(2,3)4/h2*1,6H,4H2;(H2,1,2,3,4)/q2*+1;/p-2. The number of nitrogens with zero attached hydrogens (tertiary/aromatic N) is 6. The topological polar surface area (TPSA) is 299 Å². The van der Waals surface area contributed by atoms with E-state index in [1.165, 1.54) is 0 Å². The third-order valence-corrected chi connectivity index (χ3v) is 3.96. The Bertz CT molecular complexity index is 795. The fourth-order valence-corrected chi connectivity index (χ4v) is 2.39. The van der Waals surface area contributed by atoms with Crippen LogP contribution < -0.4 is 22.1 Å². The van der Waals surface area contributed by atoms with Crippen molar-refractivity contribution in [2.75, 3.05) is 0 Å². The van der Waals surface area contributed by atoms with Crippen molar-refractivity contribution in [3.63, 3.8) is 0 Å². The van der Waals surface area contributed by atoms with Gasteiger partial charge in [-0.25, -0.2) is 11.5 Å². The summed E-state index contributed by atoms with van der Waals surface area (Å²) in [5, 5.41) is 38.1. The number of rotatable bonds is 2. The summed E-state index contributed by atoms with van der Waals surface area (Å²) in [5.74, 6) is 0. The van der Waals surface area contributed by atoms with Crippen LogP contribution in [0.5, 0.6) is 0 Å². The molecular weight excluding hydrogens is 436 g/mol. The number of diazo groups is 2. The summed E-state index contributed by atoms with van der Waals surface area (Å²) >= 11 is 1.27. The van der Waals surface area contributed by atoms with E-state index in [-0.39, 0.29) is 10.1 Å². The van der Waals surface area contributed by atoms with Crippen LogP contribution in [0.1, 0.15) is 0 Å². The van der Waals surface area contributed by atoms with Gasteiger partial charge in [0.15, 0.2) is 9.95 Å². The maximum absolute atomic E-state index is 10.1. The number of nitro groups is 2. The summed E-state index contributed by atoms with van der Waals surface area (Å²) in [4.78, 5) is 24.4. The quantitative estimate of drug-likeness (QED) is 0.121. The Hall–Kier alpha value is -2.79. The Morgan fingerprint density at radius 1 is 0.963 bits per heavy atom. The lowest BCUT2D eigenvalue weighted by molar-refractivity contribution is -0.410. The molecule has 148 valence electrons. The van der Waals surface area contributed by atoms with Gasteiger partial charge in [-0.3, -0.25) is 39.3 Å². The minimum absolute atomic E-state index is 0.176. The van der Waals surface area contributed by atoms with Crippen LogP contribution in [0.25, 0.3) is 9.95 Å². The summed E-state index contributed by atoms with van der Waals surface area (Å²) in [6, 6.07) is 0. The molecule has 2 atom stereocenters. The van der Waals surface area contributed by atoms with Gasteiger partial charge < -0.3 is 9.11 Å². The third-order valence-electron chi connectivity index (χ3n) is 1.98. The molecule has 2 unspecified atom stereocenters. The van der Waals surface area contributed by atoms with Crippen LogP contribution in [0.3, 0.4) is 0 Å². The van der Waals surface area contributed by atoms with Crippen molar-refractivity contribution >= 4 is 33.9 Å². The van der Waals surface area contributed by atoms with Crippen LogP contribution in [0.2, 0.25) is 0 Å². The number of hydrogen-bond donors (Lipinski definition) is 4. The van der Waals surface area contributed by atoms with Gasteiger partial charge in [-0.1, -0.05) is 0 Å². The highest BCUT2D eigenvalue weighted by Gasteiger charge is 2.50. The van der Waals surface area contributed by atoms with Crippen molar-refractivity contribution < 1.29 is 27.4 Å². The van der Waals surface area contributed by atoms with Crippen molar-refractivity contribution in [2.24, 2.45) is 11.5 Å². The minimum Gasteiger partial charge on any atom is -0.759 e. The zero-order chi connectivity index (χ0) is 21.5. The lowest BCUT2D eigenvalue weighted by Crippen LogP contribution is -2.41. The van der Waals surface area contributed by atoms with Crippen LogP contribution in [0.4, 0.5) is 0 Å². The van der Waals surface area contributed by atoms with E-state index in [9.17, 15) is 20.2 Å². The SMILES string of the molecule is N#[N+]C1(N)NC=C([N+](=O)[O-])S1.N#[N+]C1(N)NC=C([N+](=O)[O-])S1.O=S(=O)([O-])[O-]. The van der Waals surface area contributed by atoms with Crippen molar-refractivity contribution in [1.29, 1.82) is 10.8 Å². The van der Waals surface area contributed by atoms with Crippen molar-refractivity contribution in [2.45, 2.75) is 10.2 Å². The van der Waals surface area contributed by atoms with Crippen molar-refractivity contribution in [3.8, 4) is 0 Å². The predicted octanol–water partition coefficient (Wildman–Crippen LogP) is -1.70. The van der Waals surface area contributed by atoms with Crippen LogP contribution in [0.15, 0.2) is 22.5 Å². The smallest absolute Gasteiger partial charge is 0.512 e.